The van der Waals surface area contributed by atoms with Crippen LogP contribution in [-0.2, 0) is 4.74 Å². The standard InChI is InChI=1S/C34H52O2/c1-23(2)10-9-11-24(3)29-16-17-30-28-15-14-26-22-27(36-32(35)25-12-7-6-8-13-25)18-20-33(26,4)31(28)19-21-34(29,30)5/h6-8,12-13,23-24,26-31H,9-11,14-22H2,1-5H3. The van der Waals surface area contributed by atoms with Gasteiger partial charge in [-0.15, -0.1) is 0 Å². The first-order chi connectivity index (χ1) is 17.2. The number of fused-ring (bicyclic) bond motifs is 5. The van der Waals surface area contributed by atoms with Gasteiger partial charge >= 0.3 is 5.97 Å². The number of carbonyl (C=O) groups is 1. The summed E-state index contributed by atoms with van der Waals surface area (Å²) in [5, 5.41) is 0. The van der Waals surface area contributed by atoms with Crippen molar-refractivity contribution in [1.82, 2.24) is 0 Å². The van der Waals surface area contributed by atoms with Gasteiger partial charge in [-0.2, -0.15) is 0 Å². The molecule has 200 valence electrons. The zero-order chi connectivity index (χ0) is 25.5. The second-order valence-electron chi connectivity index (χ2n) is 14.4. The number of rotatable bonds is 7. The zero-order valence-electron chi connectivity index (χ0n) is 23.8. The molecule has 4 saturated carbocycles. The van der Waals surface area contributed by atoms with E-state index in [1.165, 1.54) is 64.2 Å². The maximum Gasteiger partial charge on any atom is 0.338 e. The summed E-state index contributed by atoms with van der Waals surface area (Å²) in [6.07, 6.45) is 16.3. The minimum atomic E-state index is -0.133. The summed E-state index contributed by atoms with van der Waals surface area (Å²) < 4.78 is 6.04. The lowest BCUT2D eigenvalue weighted by molar-refractivity contribution is -0.130. The van der Waals surface area contributed by atoms with Crippen LogP contribution in [0.1, 0.15) is 122 Å². The van der Waals surface area contributed by atoms with E-state index in [2.05, 4.69) is 34.6 Å². The number of ether oxygens (including phenoxy) is 1. The van der Waals surface area contributed by atoms with E-state index >= 15 is 0 Å². The molecule has 0 aromatic heterocycles. The summed E-state index contributed by atoms with van der Waals surface area (Å²) >= 11 is 0. The Hall–Kier alpha value is -1.31. The van der Waals surface area contributed by atoms with Crippen LogP contribution in [0.15, 0.2) is 30.3 Å². The summed E-state index contributed by atoms with van der Waals surface area (Å²) in [5.74, 6) is 6.01. The molecule has 0 aliphatic heterocycles. The van der Waals surface area contributed by atoms with Crippen molar-refractivity contribution in [3.8, 4) is 0 Å². The number of esters is 1. The molecule has 36 heavy (non-hydrogen) atoms. The van der Waals surface area contributed by atoms with Crippen molar-refractivity contribution in [3.05, 3.63) is 35.9 Å². The summed E-state index contributed by atoms with van der Waals surface area (Å²) in [7, 11) is 0. The fourth-order valence-electron chi connectivity index (χ4n) is 10.1. The molecule has 0 spiro atoms. The van der Waals surface area contributed by atoms with Gasteiger partial charge < -0.3 is 4.74 Å². The normalized spacial score (nSPS) is 40.7. The molecule has 4 aliphatic rings. The van der Waals surface area contributed by atoms with Gasteiger partial charge in [0.25, 0.3) is 0 Å². The molecule has 5 rings (SSSR count). The quantitative estimate of drug-likeness (QED) is 0.354. The molecule has 0 N–H and O–H groups in total. The Kier molecular flexibility index (Phi) is 7.64. The molecule has 2 heteroatoms. The first-order valence-electron chi connectivity index (χ1n) is 15.5. The second-order valence-corrected chi connectivity index (χ2v) is 14.4. The molecule has 1 aromatic rings. The van der Waals surface area contributed by atoms with Gasteiger partial charge in [0.2, 0.25) is 0 Å². The smallest absolute Gasteiger partial charge is 0.338 e. The number of hydrogen-bond acceptors (Lipinski definition) is 2. The Morgan fingerprint density at radius 2 is 1.61 bits per heavy atom. The second kappa shape index (κ2) is 10.5. The van der Waals surface area contributed by atoms with E-state index in [9.17, 15) is 4.79 Å². The third kappa shape index (κ3) is 4.80. The number of carbonyl (C=O) groups excluding carboxylic acids is 1. The molecule has 2 nitrogen and oxygen atoms in total. The molecule has 0 saturated heterocycles. The minimum Gasteiger partial charge on any atom is -0.459 e. The lowest BCUT2D eigenvalue weighted by atomic mass is 9.44. The molecule has 1 aromatic carbocycles. The molecule has 9 atom stereocenters. The Labute approximate surface area is 221 Å². The summed E-state index contributed by atoms with van der Waals surface area (Å²) in [6.45, 7) is 12.7. The van der Waals surface area contributed by atoms with E-state index < -0.39 is 0 Å². The first-order valence-corrected chi connectivity index (χ1v) is 15.5. The highest BCUT2D eigenvalue weighted by atomic mass is 16.5. The van der Waals surface area contributed by atoms with Crippen LogP contribution >= 0.6 is 0 Å². The Balaban J connectivity index is 1.22. The number of hydrogen-bond donors (Lipinski definition) is 0. The topological polar surface area (TPSA) is 26.3 Å². The van der Waals surface area contributed by atoms with Crippen molar-refractivity contribution < 1.29 is 9.53 Å². The molecule has 9 unspecified atom stereocenters. The van der Waals surface area contributed by atoms with Crippen molar-refractivity contribution in [2.75, 3.05) is 0 Å². The lowest BCUT2D eigenvalue weighted by Gasteiger charge is -2.61. The van der Waals surface area contributed by atoms with Crippen molar-refractivity contribution in [2.24, 2.45) is 52.3 Å². The SMILES string of the molecule is CC(C)CCCC(C)C1CCC2C3CCC4CC(OC(=O)c5ccccc5)CCC4(C)C3CCC12C. The predicted molar refractivity (Wildman–Crippen MR) is 149 cm³/mol. The van der Waals surface area contributed by atoms with Crippen LogP contribution in [-0.4, -0.2) is 12.1 Å². The van der Waals surface area contributed by atoms with Crippen LogP contribution in [0, 0.1) is 52.3 Å². The van der Waals surface area contributed by atoms with Gasteiger partial charge in [-0.25, -0.2) is 4.79 Å². The summed E-state index contributed by atoms with van der Waals surface area (Å²) in [4.78, 5) is 12.7. The molecule has 0 amide bonds. The van der Waals surface area contributed by atoms with E-state index in [-0.39, 0.29) is 12.1 Å². The van der Waals surface area contributed by atoms with Gasteiger partial charge in [-0.05, 0) is 122 Å². The molecule has 0 heterocycles. The van der Waals surface area contributed by atoms with Crippen LogP contribution in [0.2, 0.25) is 0 Å². The van der Waals surface area contributed by atoms with Crippen LogP contribution in [0.4, 0.5) is 0 Å². The van der Waals surface area contributed by atoms with Crippen LogP contribution in [0.25, 0.3) is 0 Å². The van der Waals surface area contributed by atoms with Gasteiger partial charge in [0, 0.05) is 0 Å². The van der Waals surface area contributed by atoms with Crippen LogP contribution in [0.5, 0.6) is 0 Å². The Morgan fingerprint density at radius 1 is 0.889 bits per heavy atom. The van der Waals surface area contributed by atoms with Gasteiger partial charge in [-0.3, -0.25) is 0 Å². The van der Waals surface area contributed by atoms with Crippen molar-refractivity contribution in [1.29, 1.82) is 0 Å². The lowest BCUT2D eigenvalue weighted by Crippen LogP contribution is -2.54. The largest absolute Gasteiger partial charge is 0.459 e. The monoisotopic (exact) mass is 492 g/mol. The maximum atomic E-state index is 12.7. The van der Waals surface area contributed by atoms with Crippen LogP contribution in [0.3, 0.4) is 0 Å². The third-order valence-corrected chi connectivity index (χ3v) is 12.1. The fourth-order valence-corrected chi connectivity index (χ4v) is 10.1. The molecule has 0 bridgehead atoms. The predicted octanol–water partition coefficient (Wildman–Crippen LogP) is 9.33. The Bertz CT molecular complexity index is 892. The summed E-state index contributed by atoms with van der Waals surface area (Å²) in [6, 6.07) is 9.55. The van der Waals surface area contributed by atoms with E-state index in [1.807, 2.05) is 30.3 Å². The average molecular weight is 493 g/mol. The fraction of sp³-hybridized carbons (Fsp3) is 0.794. The third-order valence-electron chi connectivity index (χ3n) is 12.1. The van der Waals surface area contributed by atoms with Gasteiger partial charge in [0.15, 0.2) is 0 Å². The average Bonchev–Trinajstić information content (AvgIpc) is 3.22. The van der Waals surface area contributed by atoms with Crippen molar-refractivity contribution >= 4 is 5.97 Å². The van der Waals surface area contributed by atoms with E-state index in [1.54, 1.807) is 0 Å². The Morgan fingerprint density at radius 3 is 2.36 bits per heavy atom. The highest BCUT2D eigenvalue weighted by molar-refractivity contribution is 5.89. The van der Waals surface area contributed by atoms with Gasteiger partial charge in [0.05, 0.1) is 5.56 Å². The van der Waals surface area contributed by atoms with E-state index in [0.29, 0.717) is 16.4 Å². The summed E-state index contributed by atoms with van der Waals surface area (Å²) in [5.41, 5.74) is 1.71. The molecular weight excluding hydrogens is 440 g/mol. The molecule has 4 fully saturated rings. The minimum absolute atomic E-state index is 0.101. The highest BCUT2D eigenvalue weighted by Gasteiger charge is 2.60. The van der Waals surface area contributed by atoms with Gasteiger partial charge in [0.1, 0.15) is 6.10 Å². The highest BCUT2D eigenvalue weighted by Crippen LogP contribution is 2.68. The zero-order valence-corrected chi connectivity index (χ0v) is 23.8. The van der Waals surface area contributed by atoms with Crippen molar-refractivity contribution in [3.63, 3.8) is 0 Å². The van der Waals surface area contributed by atoms with Crippen LogP contribution < -0.4 is 0 Å². The van der Waals surface area contributed by atoms with Crippen molar-refractivity contribution in [2.45, 2.75) is 118 Å². The first kappa shape index (κ1) is 26.3. The molecule has 0 radical (unpaired) electrons. The van der Waals surface area contributed by atoms with Gasteiger partial charge in [-0.1, -0.05) is 72.1 Å². The molecular formula is C34H52O2. The maximum absolute atomic E-state index is 12.7. The number of benzene rings is 1. The van der Waals surface area contributed by atoms with E-state index in [4.69, 9.17) is 4.74 Å². The van der Waals surface area contributed by atoms with E-state index in [0.717, 1.165) is 54.3 Å². The molecule has 4 aliphatic carbocycles.